The summed E-state index contributed by atoms with van der Waals surface area (Å²) in [6.45, 7) is 5.10. The predicted octanol–water partition coefficient (Wildman–Crippen LogP) is -2.73. The van der Waals surface area contributed by atoms with E-state index < -0.39 is 90.0 Å². The Labute approximate surface area is 395 Å². The molecule has 22 nitrogen and oxygen atoms in total. The third-order valence-corrected chi connectivity index (χ3v) is 13.6. The second-order valence-corrected chi connectivity index (χ2v) is 19.6. The summed E-state index contributed by atoms with van der Waals surface area (Å²) in [5.74, 6) is -5.43. The number of carbonyl (C=O) groups excluding carboxylic acids is 8. The molecule has 65 heavy (non-hydrogen) atoms. The van der Waals surface area contributed by atoms with E-state index >= 15 is 0 Å². The number of hydrazine groups is 2. The molecule has 4 amide bonds. The highest BCUT2D eigenvalue weighted by Gasteiger charge is 2.47. The highest BCUT2D eigenvalue weighted by molar-refractivity contribution is 8.76. The normalized spacial score (nSPS) is 27.1. The first kappa shape index (κ1) is 57.9. The first-order chi connectivity index (χ1) is 30.9. The van der Waals surface area contributed by atoms with Crippen LogP contribution in [-0.2, 0) is 38.4 Å². The number of thiol groups is 1. The number of carbonyl (C=O) groups is 8. The predicted molar refractivity (Wildman–Crippen MR) is 255 cm³/mol. The van der Waals surface area contributed by atoms with Gasteiger partial charge in [-0.05, 0) is 83.7 Å². The van der Waals surface area contributed by atoms with Crippen molar-refractivity contribution >= 4 is 86.9 Å². The third kappa shape index (κ3) is 19.9. The lowest BCUT2D eigenvalue weighted by atomic mass is 9.77. The average Bonchev–Trinajstić information content (AvgIpc) is 3.73. The van der Waals surface area contributed by atoms with Crippen LogP contribution in [0.15, 0.2) is 4.99 Å². The molecular formula is C40H73N13O9S3. The van der Waals surface area contributed by atoms with Crippen molar-refractivity contribution in [3.63, 3.8) is 0 Å². The molecule has 0 aromatic rings. The van der Waals surface area contributed by atoms with Crippen LogP contribution in [0.4, 0.5) is 0 Å². The number of aliphatic hydroxyl groups excluding tert-OH is 1. The van der Waals surface area contributed by atoms with E-state index in [1.165, 1.54) is 21.6 Å². The quantitative estimate of drug-likeness (QED) is 0.0103. The minimum absolute atomic E-state index is 0.0398. The van der Waals surface area contributed by atoms with Crippen molar-refractivity contribution in [2.75, 3.05) is 56.7 Å². The molecule has 2 rings (SSSR count). The molecular weight excluding hydrogens is 903 g/mol. The third-order valence-electron chi connectivity index (χ3n) is 10.9. The van der Waals surface area contributed by atoms with E-state index in [1.807, 2.05) is 13.8 Å². The van der Waals surface area contributed by atoms with Gasteiger partial charge in [0.15, 0.2) is 11.7 Å². The first-order valence-electron chi connectivity index (χ1n) is 22.2. The van der Waals surface area contributed by atoms with Crippen molar-refractivity contribution in [1.29, 1.82) is 0 Å². The van der Waals surface area contributed by atoms with Crippen molar-refractivity contribution in [2.24, 2.45) is 39.3 Å². The molecule has 0 aromatic heterocycles. The molecule has 3 unspecified atom stereocenters. The molecule has 2 fully saturated rings. The summed E-state index contributed by atoms with van der Waals surface area (Å²) < 4.78 is 0. The molecule has 0 spiro atoms. The van der Waals surface area contributed by atoms with Gasteiger partial charge in [0.2, 0.25) is 35.2 Å². The Hall–Kier alpha value is -3.24. The van der Waals surface area contributed by atoms with Gasteiger partial charge in [-0.1, -0.05) is 41.9 Å². The number of aliphatic imine (C=N–C) groups is 1. The zero-order valence-electron chi connectivity index (χ0n) is 37.9. The fourth-order valence-electron chi connectivity index (χ4n) is 7.04. The van der Waals surface area contributed by atoms with Gasteiger partial charge in [-0.2, -0.15) is 12.6 Å². The maximum atomic E-state index is 14.6. The minimum atomic E-state index is -1.46. The number of nitrogens with zero attached hydrogens (tertiary/aromatic N) is 2. The standard InChI is InChI=1S/C40H73N13O9S3/c1-24(2)18-32(56)40(3)22-64-65-23-47-29(21-63)33(57)31(55)19-46-35(59)26(11-5-7-15-42)50-51-28(20-54)38(62)48-25(10-4-6-14-41)36(60)49-37(61)27(12-8-16-45-39(43)44)52-53-17-9-13-30(53)34(40)58/h24-30,47,50-52,54,63H,4-23,41-42H2,1-3H3,(H,46,59)(H,48,62)(H4,43,44,45)(H,49,60,61)/t25-,26?,27-,28?,29-,30-,40?/m0/s1. The lowest BCUT2D eigenvalue weighted by Gasteiger charge is -2.35. The Morgan fingerprint density at radius 1 is 0.862 bits per heavy atom. The Morgan fingerprint density at radius 3 is 2.11 bits per heavy atom. The maximum Gasteiger partial charge on any atom is 0.249 e. The highest BCUT2D eigenvalue weighted by atomic mass is 33.1. The molecule has 2 heterocycles. The van der Waals surface area contributed by atoms with E-state index in [9.17, 15) is 43.5 Å². The van der Waals surface area contributed by atoms with Crippen LogP contribution >= 0.6 is 34.2 Å². The lowest BCUT2D eigenvalue weighted by Crippen LogP contribution is -2.61. The van der Waals surface area contributed by atoms with Crippen molar-refractivity contribution in [3.05, 3.63) is 0 Å². The molecule has 0 bridgehead atoms. The van der Waals surface area contributed by atoms with Gasteiger partial charge in [-0.25, -0.2) is 21.3 Å². The van der Waals surface area contributed by atoms with Crippen molar-refractivity contribution in [1.82, 2.24) is 42.6 Å². The van der Waals surface area contributed by atoms with Crippen LogP contribution in [0.1, 0.15) is 91.4 Å². The molecule has 2 saturated heterocycles. The summed E-state index contributed by atoms with van der Waals surface area (Å²) >= 11 is 4.26. The summed E-state index contributed by atoms with van der Waals surface area (Å²) in [7, 11) is 2.51. The highest BCUT2D eigenvalue weighted by Crippen LogP contribution is 2.36. The number of fused-ring (bicyclic) bond motifs is 1. The number of amides is 4. The summed E-state index contributed by atoms with van der Waals surface area (Å²) in [6.07, 6.45) is 3.64. The molecule has 0 aliphatic carbocycles. The number of Topliss-reactive ketones (excluding diaryl/α,β-unsaturated/α-hetero) is 4. The second-order valence-electron chi connectivity index (χ2n) is 16.7. The molecule has 16 N–H and O–H groups in total. The van der Waals surface area contributed by atoms with Gasteiger partial charge in [0.25, 0.3) is 0 Å². The van der Waals surface area contributed by atoms with Crippen molar-refractivity contribution < 1.29 is 43.5 Å². The van der Waals surface area contributed by atoms with E-state index in [1.54, 1.807) is 11.9 Å². The topological polar surface area (TPSA) is 361 Å². The largest absolute Gasteiger partial charge is 0.394 e. The van der Waals surface area contributed by atoms with E-state index in [-0.39, 0.29) is 73.1 Å². The van der Waals surface area contributed by atoms with Gasteiger partial charge in [-0.3, -0.25) is 54.0 Å². The Morgan fingerprint density at radius 2 is 1.49 bits per heavy atom. The molecule has 2 aliphatic heterocycles. The number of hydrogen-bond donors (Lipinski definition) is 13. The number of unbranched alkanes of at least 4 members (excludes halogenated alkanes) is 2. The van der Waals surface area contributed by atoms with Crippen LogP contribution in [0.25, 0.3) is 0 Å². The summed E-state index contributed by atoms with van der Waals surface area (Å²) in [6, 6.07) is -6.65. The van der Waals surface area contributed by atoms with Gasteiger partial charge in [0.1, 0.15) is 23.9 Å². The molecule has 25 heteroatoms. The number of rotatable bonds is 17. The van der Waals surface area contributed by atoms with Gasteiger partial charge >= 0.3 is 0 Å². The zero-order chi connectivity index (χ0) is 48.5. The minimum Gasteiger partial charge on any atom is -0.394 e. The SMILES string of the molecule is CC(C)CC(=O)C1(C)CSSCN[C@@H](CS)C(=O)C(=O)CNC(=O)C(CCCCN)NNC(CO)C(=O)N[C@@H](CCCCN)C(=O)NC(=O)[C@H](CCCN=C(N)N)NN2CCC[C@H]2C1=O. The number of ketones is 4. The van der Waals surface area contributed by atoms with E-state index in [0.29, 0.717) is 64.6 Å². The summed E-state index contributed by atoms with van der Waals surface area (Å²) in [4.78, 5) is 114. The molecule has 370 valence electrons. The Balaban J connectivity index is 2.58. The Bertz CT molecular complexity index is 1630. The van der Waals surface area contributed by atoms with Gasteiger partial charge in [0, 0.05) is 31.0 Å². The first-order valence-corrected chi connectivity index (χ1v) is 25.3. The van der Waals surface area contributed by atoms with Crippen LogP contribution in [0, 0.1) is 11.3 Å². The summed E-state index contributed by atoms with van der Waals surface area (Å²) in [5.41, 5.74) is 29.5. The molecule has 0 saturated carbocycles. The lowest BCUT2D eigenvalue weighted by molar-refractivity contribution is -0.143. The zero-order valence-corrected chi connectivity index (χ0v) is 40.4. The van der Waals surface area contributed by atoms with Crippen LogP contribution in [0.5, 0.6) is 0 Å². The number of guanidine groups is 1. The molecule has 0 aromatic carbocycles. The fraction of sp³-hybridized carbons (Fsp3) is 0.775. The Kier molecular flexibility index (Phi) is 27.5. The number of hydrogen-bond acceptors (Lipinski definition) is 20. The van der Waals surface area contributed by atoms with E-state index in [4.69, 9.17) is 22.9 Å². The van der Waals surface area contributed by atoms with Crippen LogP contribution < -0.4 is 60.5 Å². The number of nitrogens with one attached hydrogen (secondary N) is 7. The van der Waals surface area contributed by atoms with E-state index in [0.717, 1.165) is 0 Å². The molecule has 2 aliphatic rings. The van der Waals surface area contributed by atoms with E-state index in [2.05, 4.69) is 55.2 Å². The van der Waals surface area contributed by atoms with Crippen LogP contribution in [-0.4, -0.2) is 156 Å². The number of imide groups is 1. The smallest absolute Gasteiger partial charge is 0.249 e. The second kappa shape index (κ2) is 30.9. The molecule has 0 radical (unpaired) electrons. The van der Waals surface area contributed by atoms with Crippen LogP contribution in [0.2, 0.25) is 0 Å². The van der Waals surface area contributed by atoms with Crippen LogP contribution in [0.3, 0.4) is 0 Å². The monoisotopic (exact) mass is 975 g/mol. The van der Waals surface area contributed by atoms with Crippen molar-refractivity contribution in [3.8, 4) is 0 Å². The van der Waals surface area contributed by atoms with Gasteiger partial charge < -0.3 is 38.7 Å². The average molecular weight is 976 g/mol. The van der Waals surface area contributed by atoms with Gasteiger partial charge in [-0.15, -0.1) is 0 Å². The van der Waals surface area contributed by atoms with Gasteiger partial charge in [0.05, 0.1) is 42.6 Å². The maximum absolute atomic E-state index is 14.6. The number of aliphatic hydroxyl groups is 1. The fourth-order valence-corrected chi connectivity index (χ4v) is 9.72. The molecule has 7 atom stereocenters. The summed E-state index contributed by atoms with van der Waals surface area (Å²) in [5, 5.41) is 22.3. The van der Waals surface area contributed by atoms with Crippen molar-refractivity contribution in [2.45, 2.75) is 128 Å². The number of nitrogens with two attached hydrogens (primary N) is 4.